The van der Waals surface area contributed by atoms with Crippen molar-refractivity contribution in [1.29, 1.82) is 0 Å². The molecule has 3 N–H and O–H groups in total. The number of nitrogens with zero attached hydrogens (tertiary/aromatic N) is 4. The summed E-state index contributed by atoms with van der Waals surface area (Å²) in [5, 5.41) is 12.7. The minimum Gasteiger partial charge on any atom is -0.335 e. The number of halogens is 1. The third-order valence-corrected chi connectivity index (χ3v) is 9.78. The minimum atomic E-state index is -0.244. The number of pyridine rings is 1. The molecule has 2 aliphatic rings. The van der Waals surface area contributed by atoms with Gasteiger partial charge in [0.15, 0.2) is 5.82 Å². The lowest BCUT2D eigenvalue weighted by Gasteiger charge is -2.23. The maximum absolute atomic E-state index is 14.8. The van der Waals surface area contributed by atoms with E-state index >= 15 is 0 Å². The number of H-pyrrole nitrogens is 2. The molecule has 7 nitrogen and oxygen atoms in total. The fourth-order valence-corrected chi connectivity index (χ4v) is 6.98. The molecule has 2 aliphatic heterocycles. The number of aromatic amines is 2. The van der Waals surface area contributed by atoms with E-state index < -0.39 is 0 Å². The van der Waals surface area contributed by atoms with Crippen LogP contribution in [0.2, 0.25) is 0 Å². The molecular weight excluding hydrogens is 597 g/mol. The molecule has 0 radical (unpaired) electrons. The van der Waals surface area contributed by atoms with Crippen molar-refractivity contribution in [3.63, 3.8) is 0 Å². The topological polar surface area (TPSA) is 85.5 Å². The van der Waals surface area contributed by atoms with Crippen molar-refractivity contribution in [3.8, 4) is 22.6 Å². The first-order valence-electron chi connectivity index (χ1n) is 17.4. The fourth-order valence-electron chi connectivity index (χ4n) is 6.98. The SMILES string of the molecule is C=C\C(=C/C(=C\C)C(/C)=C/C=c1/[nH]nc(-c2nc3c(-c4cc(F)cc(CCCN5CCCC5)c4)cncc3[nH]2)c1=C)CC1CCNCC1. The van der Waals surface area contributed by atoms with E-state index in [2.05, 4.69) is 81.7 Å². The number of likely N-dealkylation sites (tertiary alicyclic amines) is 1. The second-order valence-corrected chi connectivity index (χ2v) is 13.2. The highest BCUT2D eigenvalue weighted by Crippen LogP contribution is 2.30. The summed E-state index contributed by atoms with van der Waals surface area (Å²) in [6, 6.07) is 5.28. The minimum absolute atomic E-state index is 0.244. The summed E-state index contributed by atoms with van der Waals surface area (Å²) >= 11 is 0. The van der Waals surface area contributed by atoms with Crippen LogP contribution in [-0.4, -0.2) is 62.8 Å². The predicted molar refractivity (Wildman–Crippen MR) is 196 cm³/mol. The Bertz CT molecular complexity index is 1950. The van der Waals surface area contributed by atoms with E-state index in [4.69, 9.17) is 4.98 Å². The summed E-state index contributed by atoms with van der Waals surface area (Å²) in [6.45, 7) is 18.2. The van der Waals surface area contributed by atoms with E-state index in [0.717, 1.165) is 82.8 Å². The van der Waals surface area contributed by atoms with Gasteiger partial charge < -0.3 is 15.2 Å². The molecule has 3 aromatic heterocycles. The van der Waals surface area contributed by atoms with Gasteiger partial charge in [0, 0.05) is 17.0 Å². The summed E-state index contributed by atoms with van der Waals surface area (Å²) in [7, 11) is 0. The number of imidazole rings is 1. The van der Waals surface area contributed by atoms with Crippen LogP contribution >= 0.6 is 0 Å². The lowest BCUT2D eigenvalue weighted by molar-refractivity contribution is 0.334. The van der Waals surface area contributed by atoms with Gasteiger partial charge in [-0.05, 0) is 143 Å². The number of aromatic nitrogens is 5. The Morgan fingerprint density at radius 2 is 1.94 bits per heavy atom. The molecule has 0 spiro atoms. The van der Waals surface area contributed by atoms with E-state index in [1.807, 2.05) is 12.2 Å². The van der Waals surface area contributed by atoms with E-state index in [-0.39, 0.29) is 5.82 Å². The lowest BCUT2D eigenvalue weighted by Crippen LogP contribution is -2.27. The molecule has 0 aliphatic carbocycles. The van der Waals surface area contributed by atoms with Crippen molar-refractivity contribution in [2.24, 2.45) is 5.92 Å². The van der Waals surface area contributed by atoms with Crippen molar-refractivity contribution >= 4 is 23.7 Å². The van der Waals surface area contributed by atoms with Gasteiger partial charge in [-0.25, -0.2) is 9.37 Å². The average Bonchev–Trinajstić information content (AvgIpc) is 3.86. The van der Waals surface area contributed by atoms with Gasteiger partial charge in [0.1, 0.15) is 11.5 Å². The van der Waals surface area contributed by atoms with Gasteiger partial charge >= 0.3 is 0 Å². The highest BCUT2D eigenvalue weighted by Gasteiger charge is 2.16. The van der Waals surface area contributed by atoms with Gasteiger partial charge in [-0.1, -0.05) is 43.5 Å². The zero-order valence-corrected chi connectivity index (χ0v) is 28.4. The van der Waals surface area contributed by atoms with Crippen molar-refractivity contribution in [2.75, 3.05) is 32.7 Å². The van der Waals surface area contributed by atoms with Crippen LogP contribution in [0.4, 0.5) is 4.39 Å². The van der Waals surface area contributed by atoms with Crippen LogP contribution in [0.1, 0.15) is 57.9 Å². The largest absolute Gasteiger partial charge is 0.335 e. The molecule has 1 aromatic carbocycles. The Morgan fingerprint density at radius 3 is 2.71 bits per heavy atom. The number of aryl methyl sites for hydroxylation is 1. The maximum atomic E-state index is 14.8. The highest BCUT2D eigenvalue weighted by molar-refractivity contribution is 5.92. The lowest BCUT2D eigenvalue weighted by atomic mass is 9.89. The normalized spacial score (nSPS) is 17.6. The Hall–Kier alpha value is -4.40. The number of piperidine rings is 1. The van der Waals surface area contributed by atoms with E-state index in [1.165, 1.54) is 49.9 Å². The average molecular weight is 646 g/mol. The number of hydrogen-bond acceptors (Lipinski definition) is 5. The molecule has 0 amide bonds. The van der Waals surface area contributed by atoms with Crippen molar-refractivity contribution in [2.45, 2.75) is 58.8 Å². The second-order valence-electron chi connectivity index (χ2n) is 13.2. The molecule has 2 saturated heterocycles. The zero-order chi connectivity index (χ0) is 33.5. The maximum Gasteiger partial charge on any atom is 0.159 e. The number of fused-ring (bicyclic) bond motifs is 1. The van der Waals surface area contributed by atoms with Crippen LogP contribution in [0, 0.1) is 11.7 Å². The first-order valence-corrected chi connectivity index (χ1v) is 17.4. The molecule has 5 heterocycles. The molecular formula is C40H48FN7. The summed E-state index contributed by atoms with van der Waals surface area (Å²) < 4.78 is 14.8. The van der Waals surface area contributed by atoms with Crippen LogP contribution in [0.15, 0.2) is 78.2 Å². The van der Waals surface area contributed by atoms with Gasteiger partial charge in [-0.2, -0.15) is 5.10 Å². The third kappa shape index (κ3) is 8.00. The van der Waals surface area contributed by atoms with Crippen LogP contribution in [0.5, 0.6) is 0 Å². The molecule has 6 rings (SSSR count). The molecule has 2 fully saturated rings. The Labute approximate surface area is 283 Å². The van der Waals surface area contributed by atoms with Crippen LogP contribution in [-0.2, 0) is 6.42 Å². The fraction of sp³-hybridized carbons (Fsp3) is 0.375. The number of hydrogen-bond donors (Lipinski definition) is 3. The quantitative estimate of drug-likeness (QED) is 0.148. The van der Waals surface area contributed by atoms with Crippen LogP contribution in [0.25, 0.3) is 46.3 Å². The first kappa shape index (κ1) is 33.5. The molecule has 0 bridgehead atoms. The van der Waals surface area contributed by atoms with Crippen molar-refractivity contribution < 1.29 is 4.39 Å². The first-order chi connectivity index (χ1) is 23.4. The summed E-state index contributed by atoms with van der Waals surface area (Å²) in [4.78, 5) is 15.2. The van der Waals surface area contributed by atoms with E-state index in [1.54, 1.807) is 24.5 Å². The summed E-state index contributed by atoms with van der Waals surface area (Å²) in [6.07, 6.45) is 21.9. The molecule has 8 heteroatoms. The Balaban J connectivity index is 1.22. The standard InChI is InChI=1S/C40H48FN7/c1-5-29(20-30-13-15-42-16-14-30)21-32(6-2)27(3)11-12-36-28(4)38(47-46-36)40-44-37-26-43-25-35(39(37)45-40)33-22-31(23-34(41)24-33)10-9-19-48-17-7-8-18-48/h5-6,11-12,21-26,30,42,46H,1,4,7-10,13-20H2,2-3H3,(H,44,45)/b27-11+,29-21+,32-6+,36-12+. The predicted octanol–water partition coefficient (Wildman–Crippen LogP) is 6.77. The van der Waals surface area contributed by atoms with Crippen LogP contribution in [0.3, 0.4) is 0 Å². The molecule has 0 unspecified atom stereocenters. The number of benzene rings is 1. The zero-order valence-electron chi connectivity index (χ0n) is 28.4. The number of nitrogens with one attached hydrogen (secondary N) is 3. The van der Waals surface area contributed by atoms with Gasteiger partial charge in [-0.3, -0.25) is 10.1 Å². The Morgan fingerprint density at radius 1 is 1.12 bits per heavy atom. The Kier molecular flexibility index (Phi) is 10.9. The molecule has 4 aromatic rings. The number of allylic oxidation sites excluding steroid dienone is 7. The van der Waals surface area contributed by atoms with E-state index in [0.29, 0.717) is 17.4 Å². The van der Waals surface area contributed by atoms with Gasteiger partial charge in [0.25, 0.3) is 0 Å². The smallest absolute Gasteiger partial charge is 0.159 e. The van der Waals surface area contributed by atoms with Gasteiger partial charge in [0.2, 0.25) is 0 Å². The summed E-state index contributed by atoms with van der Waals surface area (Å²) in [5.41, 5.74) is 8.26. The van der Waals surface area contributed by atoms with Crippen molar-refractivity contribution in [1.82, 2.24) is 35.4 Å². The van der Waals surface area contributed by atoms with E-state index in [9.17, 15) is 4.39 Å². The number of rotatable bonds is 12. The molecule has 0 saturated carbocycles. The highest BCUT2D eigenvalue weighted by atomic mass is 19.1. The van der Waals surface area contributed by atoms with Gasteiger partial charge in [0.05, 0.1) is 22.6 Å². The van der Waals surface area contributed by atoms with Crippen LogP contribution < -0.4 is 15.9 Å². The molecule has 250 valence electrons. The molecule has 48 heavy (non-hydrogen) atoms. The molecule has 0 atom stereocenters. The van der Waals surface area contributed by atoms with Crippen molar-refractivity contribution in [3.05, 3.63) is 100 Å². The monoisotopic (exact) mass is 645 g/mol. The third-order valence-electron chi connectivity index (χ3n) is 9.78. The second kappa shape index (κ2) is 15.7. The summed E-state index contributed by atoms with van der Waals surface area (Å²) in [5.74, 6) is 1.05. The van der Waals surface area contributed by atoms with Gasteiger partial charge in [-0.15, -0.1) is 0 Å².